The molecule has 3 heteroatoms. The van der Waals surface area contributed by atoms with Crippen LogP contribution in [0.15, 0.2) is 103 Å². The highest BCUT2D eigenvalue weighted by atomic mass is 14.7. The van der Waals surface area contributed by atoms with Crippen LogP contribution in [0.1, 0.15) is 25.0 Å². The summed E-state index contributed by atoms with van der Waals surface area (Å²) in [6.07, 6.45) is 3.67. The zero-order valence-corrected chi connectivity index (χ0v) is 20.7. The van der Waals surface area contributed by atoms with Crippen molar-refractivity contribution >= 4 is 27.5 Å². The lowest BCUT2D eigenvalue weighted by Gasteiger charge is -2.23. The standard InChI is InChI=1S/C34H23N3/c1-34(2)30-19-22(21-8-12-25(35-3)13-9-21)10-14-26(30)27-15-11-23(20-31(27)34)29-18-24-6-4-16-36-32(24)33-28(29)7-5-17-37-33/h4-20H,1-2H3. The maximum atomic E-state index is 7.23. The predicted molar refractivity (Wildman–Crippen MR) is 152 cm³/mol. The largest absolute Gasteiger partial charge is 0.254 e. The number of pyridine rings is 2. The normalized spacial score (nSPS) is 13.3. The van der Waals surface area contributed by atoms with Gasteiger partial charge in [0.25, 0.3) is 0 Å². The van der Waals surface area contributed by atoms with E-state index in [1.54, 1.807) is 0 Å². The summed E-state index contributed by atoms with van der Waals surface area (Å²) in [5.74, 6) is 0. The van der Waals surface area contributed by atoms with Gasteiger partial charge in [0.1, 0.15) is 0 Å². The zero-order chi connectivity index (χ0) is 25.1. The van der Waals surface area contributed by atoms with Crippen molar-refractivity contribution in [2.45, 2.75) is 19.3 Å². The number of hydrogen-bond acceptors (Lipinski definition) is 2. The lowest BCUT2D eigenvalue weighted by Crippen LogP contribution is -2.15. The van der Waals surface area contributed by atoms with Gasteiger partial charge >= 0.3 is 0 Å². The molecule has 0 aliphatic heterocycles. The van der Waals surface area contributed by atoms with Crippen LogP contribution in [0, 0.1) is 6.57 Å². The van der Waals surface area contributed by atoms with Gasteiger partial charge in [0.15, 0.2) is 5.69 Å². The third kappa shape index (κ3) is 3.20. The third-order valence-electron chi connectivity index (χ3n) is 7.78. The van der Waals surface area contributed by atoms with Gasteiger partial charge in [0.2, 0.25) is 0 Å². The Labute approximate surface area is 215 Å². The van der Waals surface area contributed by atoms with Crippen molar-refractivity contribution in [2.75, 3.05) is 0 Å². The Morgan fingerprint density at radius 2 is 1.24 bits per heavy atom. The number of nitrogens with zero attached hydrogens (tertiary/aromatic N) is 3. The summed E-state index contributed by atoms with van der Waals surface area (Å²) in [4.78, 5) is 12.8. The molecule has 2 heterocycles. The number of hydrogen-bond donors (Lipinski definition) is 0. The molecular formula is C34H23N3. The molecule has 4 aromatic carbocycles. The number of benzene rings is 4. The van der Waals surface area contributed by atoms with E-state index in [0.717, 1.165) is 27.4 Å². The maximum Gasteiger partial charge on any atom is 0.187 e. The maximum absolute atomic E-state index is 7.23. The van der Waals surface area contributed by atoms with Crippen molar-refractivity contribution in [3.63, 3.8) is 0 Å². The van der Waals surface area contributed by atoms with Crippen molar-refractivity contribution in [2.24, 2.45) is 0 Å². The fourth-order valence-electron chi connectivity index (χ4n) is 5.83. The Bertz CT molecular complexity index is 1910. The molecule has 2 aromatic heterocycles. The smallest absolute Gasteiger partial charge is 0.187 e. The van der Waals surface area contributed by atoms with Gasteiger partial charge in [-0.15, -0.1) is 0 Å². The van der Waals surface area contributed by atoms with Crippen LogP contribution in [0.3, 0.4) is 0 Å². The molecule has 7 rings (SSSR count). The van der Waals surface area contributed by atoms with E-state index in [2.05, 4.69) is 78.3 Å². The Kier molecular flexibility index (Phi) is 4.55. The average molecular weight is 474 g/mol. The molecule has 0 radical (unpaired) electrons. The predicted octanol–water partition coefficient (Wildman–Crippen LogP) is 8.97. The Hall–Kier alpha value is -4.81. The van der Waals surface area contributed by atoms with Crippen LogP contribution in [0.4, 0.5) is 5.69 Å². The van der Waals surface area contributed by atoms with E-state index in [-0.39, 0.29) is 5.41 Å². The summed E-state index contributed by atoms with van der Waals surface area (Å²) in [6, 6.07) is 32.0. The van der Waals surface area contributed by atoms with Crippen molar-refractivity contribution in [1.82, 2.24) is 9.97 Å². The van der Waals surface area contributed by atoms with Gasteiger partial charge in [-0.2, -0.15) is 0 Å². The van der Waals surface area contributed by atoms with Crippen LogP contribution in [0.25, 0.3) is 60.0 Å². The van der Waals surface area contributed by atoms with Crippen molar-refractivity contribution in [3.8, 4) is 33.4 Å². The molecule has 0 N–H and O–H groups in total. The van der Waals surface area contributed by atoms with Gasteiger partial charge in [0.05, 0.1) is 17.6 Å². The summed E-state index contributed by atoms with van der Waals surface area (Å²) in [5.41, 5.74) is 12.3. The Morgan fingerprint density at radius 1 is 0.622 bits per heavy atom. The lowest BCUT2D eigenvalue weighted by molar-refractivity contribution is 0.661. The van der Waals surface area contributed by atoms with Crippen LogP contribution in [0.5, 0.6) is 0 Å². The second kappa shape index (κ2) is 7.85. The van der Waals surface area contributed by atoms with Crippen LogP contribution in [-0.2, 0) is 5.41 Å². The van der Waals surface area contributed by atoms with Crippen LogP contribution in [-0.4, -0.2) is 9.97 Å². The van der Waals surface area contributed by atoms with Crippen LogP contribution >= 0.6 is 0 Å². The second-order valence-electron chi connectivity index (χ2n) is 10.2. The van der Waals surface area contributed by atoms with Gasteiger partial charge in [-0.1, -0.05) is 74.5 Å². The topological polar surface area (TPSA) is 30.1 Å². The number of rotatable bonds is 2. The summed E-state index contributed by atoms with van der Waals surface area (Å²) in [6.45, 7) is 11.9. The first-order valence-corrected chi connectivity index (χ1v) is 12.4. The van der Waals surface area contributed by atoms with Crippen molar-refractivity contribution in [3.05, 3.63) is 126 Å². The molecule has 3 nitrogen and oxygen atoms in total. The summed E-state index contributed by atoms with van der Waals surface area (Å²) in [7, 11) is 0. The van der Waals surface area contributed by atoms with Gasteiger partial charge in [-0.25, -0.2) is 4.85 Å². The second-order valence-corrected chi connectivity index (χ2v) is 10.2. The van der Waals surface area contributed by atoms with Crippen LogP contribution in [0.2, 0.25) is 0 Å². The van der Waals surface area contributed by atoms with Gasteiger partial charge < -0.3 is 0 Å². The summed E-state index contributed by atoms with van der Waals surface area (Å²) in [5, 5.41) is 2.22. The molecule has 1 aliphatic rings. The van der Waals surface area contributed by atoms with Gasteiger partial charge in [-0.3, -0.25) is 9.97 Å². The zero-order valence-electron chi connectivity index (χ0n) is 20.7. The highest BCUT2D eigenvalue weighted by molar-refractivity contribution is 6.10. The van der Waals surface area contributed by atoms with E-state index in [4.69, 9.17) is 11.6 Å². The molecule has 0 spiro atoms. The molecule has 0 amide bonds. The summed E-state index contributed by atoms with van der Waals surface area (Å²) < 4.78 is 0. The fraction of sp³-hybridized carbons (Fsp3) is 0.0882. The minimum atomic E-state index is -0.139. The van der Waals surface area contributed by atoms with E-state index in [9.17, 15) is 0 Å². The van der Waals surface area contributed by atoms with Gasteiger partial charge in [0, 0.05) is 28.6 Å². The fourth-order valence-corrected chi connectivity index (χ4v) is 5.83. The first-order chi connectivity index (χ1) is 18.0. The lowest BCUT2D eigenvalue weighted by atomic mass is 9.80. The van der Waals surface area contributed by atoms with Crippen molar-refractivity contribution < 1.29 is 0 Å². The van der Waals surface area contributed by atoms with E-state index >= 15 is 0 Å². The minimum Gasteiger partial charge on any atom is -0.254 e. The SMILES string of the molecule is [C-]#[N+]c1ccc(-c2ccc3c(c2)C(C)(C)c2cc(-c4cc5cccnc5c5ncccc45)ccc2-3)cc1. The molecule has 1 aliphatic carbocycles. The first kappa shape index (κ1) is 21.5. The number of aromatic nitrogens is 2. The first-order valence-electron chi connectivity index (χ1n) is 12.4. The Morgan fingerprint density at radius 3 is 1.97 bits per heavy atom. The molecule has 0 unspecified atom stereocenters. The minimum absolute atomic E-state index is 0.139. The van der Waals surface area contributed by atoms with E-state index in [0.29, 0.717) is 5.69 Å². The molecule has 174 valence electrons. The molecule has 0 saturated carbocycles. The molecule has 37 heavy (non-hydrogen) atoms. The molecule has 0 atom stereocenters. The molecule has 0 saturated heterocycles. The van der Waals surface area contributed by atoms with Crippen LogP contribution < -0.4 is 0 Å². The van der Waals surface area contributed by atoms with E-state index < -0.39 is 0 Å². The van der Waals surface area contributed by atoms with Crippen molar-refractivity contribution in [1.29, 1.82) is 0 Å². The van der Waals surface area contributed by atoms with Gasteiger partial charge in [-0.05, 0) is 74.8 Å². The van der Waals surface area contributed by atoms with E-state index in [1.807, 2.05) is 48.8 Å². The highest BCUT2D eigenvalue weighted by Gasteiger charge is 2.36. The summed E-state index contributed by atoms with van der Waals surface area (Å²) >= 11 is 0. The quantitative estimate of drug-likeness (QED) is 0.186. The molecule has 6 aromatic rings. The monoisotopic (exact) mass is 473 g/mol. The molecule has 0 bridgehead atoms. The third-order valence-corrected chi connectivity index (χ3v) is 7.78. The molecular weight excluding hydrogens is 450 g/mol. The molecule has 0 fully saturated rings. The van der Waals surface area contributed by atoms with E-state index in [1.165, 1.54) is 38.9 Å². The highest BCUT2D eigenvalue weighted by Crippen LogP contribution is 2.51. The number of fused-ring (bicyclic) bond motifs is 6. The Balaban J connectivity index is 1.38. The average Bonchev–Trinajstić information content (AvgIpc) is 3.18.